The lowest BCUT2D eigenvalue weighted by molar-refractivity contribution is 0.0558. The second kappa shape index (κ2) is 5.52. The predicted molar refractivity (Wildman–Crippen MR) is 78.2 cm³/mol. The van der Waals surface area contributed by atoms with Crippen molar-refractivity contribution >= 4 is 44.5 Å². The van der Waals surface area contributed by atoms with Crippen molar-refractivity contribution in [1.29, 1.82) is 0 Å². The first-order valence-corrected chi connectivity index (χ1v) is 7.83. The van der Waals surface area contributed by atoms with E-state index < -0.39 is 5.60 Å². The Hall–Kier alpha value is -0.690. The van der Waals surface area contributed by atoms with E-state index in [9.17, 15) is 9.90 Å². The molecule has 2 rings (SSSR count). The predicted octanol–water partition coefficient (Wildman–Crippen LogP) is 3.21. The fourth-order valence-corrected chi connectivity index (χ4v) is 3.72. The van der Waals surface area contributed by atoms with E-state index in [1.807, 2.05) is 29.0 Å². The van der Waals surface area contributed by atoms with Crippen molar-refractivity contribution < 1.29 is 9.90 Å². The molecule has 0 saturated carbocycles. The van der Waals surface area contributed by atoms with Crippen LogP contribution in [0.2, 0.25) is 0 Å². The Bertz CT molecular complexity index is 534. The second-order valence-electron chi connectivity index (χ2n) is 4.03. The minimum absolute atomic E-state index is 0.172. The van der Waals surface area contributed by atoms with E-state index in [1.54, 1.807) is 6.92 Å². The summed E-state index contributed by atoms with van der Waals surface area (Å²) in [5.41, 5.74) is -1.03. The normalized spacial score (nSPS) is 14.2. The molecule has 2 heterocycles. The van der Waals surface area contributed by atoms with Gasteiger partial charge in [0.1, 0.15) is 10.5 Å². The quantitative estimate of drug-likeness (QED) is 0.893. The Balaban J connectivity index is 2.00. The molecule has 3 nitrogen and oxygen atoms in total. The van der Waals surface area contributed by atoms with Gasteiger partial charge in [0, 0.05) is 9.35 Å². The number of carbonyl (C=O) groups is 1. The summed E-state index contributed by atoms with van der Waals surface area (Å²) >= 11 is 6.16. The Labute approximate surface area is 122 Å². The van der Waals surface area contributed by atoms with E-state index in [4.69, 9.17) is 0 Å². The van der Waals surface area contributed by atoms with Gasteiger partial charge in [-0.25, -0.2) is 0 Å². The molecule has 0 radical (unpaired) electrons. The molecule has 1 atom stereocenters. The summed E-state index contributed by atoms with van der Waals surface area (Å²) in [6, 6.07) is 5.57. The summed E-state index contributed by atoms with van der Waals surface area (Å²) in [7, 11) is 0. The van der Waals surface area contributed by atoms with Crippen molar-refractivity contribution in [3.05, 3.63) is 43.2 Å². The first kappa shape index (κ1) is 13.7. The molecule has 0 spiro atoms. The van der Waals surface area contributed by atoms with Crippen LogP contribution in [0.3, 0.4) is 0 Å². The molecule has 0 aliphatic carbocycles. The molecular formula is C12H12BrNO2S2. The Morgan fingerprint density at radius 1 is 1.44 bits per heavy atom. The van der Waals surface area contributed by atoms with Crippen LogP contribution in [0, 0.1) is 0 Å². The molecule has 96 valence electrons. The number of thiophene rings is 2. The van der Waals surface area contributed by atoms with Crippen molar-refractivity contribution in [2.24, 2.45) is 0 Å². The summed E-state index contributed by atoms with van der Waals surface area (Å²) in [6.07, 6.45) is 0. The van der Waals surface area contributed by atoms with Crippen LogP contribution in [0.4, 0.5) is 0 Å². The smallest absolute Gasteiger partial charge is 0.262 e. The molecule has 2 N–H and O–H groups in total. The highest BCUT2D eigenvalue weighted by Gasteiger charge is 2.25. The highest BCUT2D eigenvalue weighted by Crippen LogP contribution is 2.25. The van der Waals surface area contributed by atoms with Crippen molar-refractivity contribution in [2.75, 3.05) is 6.54 Å². The molecule has 6 heteroatoms. The standard InChI is InChI=1S/C12H12BrNO2S2/c1-12(16,9-3-2-5-17-9)7-14-11(15)10-8(13)4-6-18-10/h2-6,16H,7H2,1H3,(H,14,15). The lowest BCUT2D eigenvalue weighted by Crippen LogP contribution is -2.37. The van der Waals surface area contributed by atoms with Crippen LogP contribution in [0.1, 0.15) is 21.5 Å². The average Bonchev–Trinajstić information content (AvgIpc) is 2.96. The van der Waals surface area contributed by atoms with E-state index in [2.05, 4.69) is 21.2 Å². The molecule has 2 aromatic rings. The zero-order valence-corrected chi connectivity index (χ0v) is 12.9. The maximum absolute atomic E-state index is 11.9. The molecule has 0 fully saturated rings. The molecule has 0 aromatic carbocycles. The fourth-order valence-electron chi connectivity index (χ4n) is 1.46. The summed E-state index contributed by atoms with van der Waals surface area (Å²) < 4.78 is 0.778. The third-order valence-corrected chi connectivity index (χ3v) is 5.43. The fraction of sp³-hybridized carbons (Fsp3) is 0.250. The largest absolute Gasteiger partial charge is 0.383 e. The van der Waals surface area contributed by atoms with Crippen LogP contribution in [0.15, 0.2) is 33.4 Å². The summed E-state index contributed by atoms with van der Waals surface area (Å²) in [6.45, 7) is 1.89. The number of rotatable bonds is 4. The second-order valence-corrected chi connectivity index (χ2v) is 6.75. The molecule has 18 heavy (non-hydrogen) atoms. The lowest BCUT2D eigenvalue weighted by Gasteiger charge is -2.22. The van der Waals surface area contributed by atoms with E-state index in [0.29, 0.717) is 4.88 Å². The van der Waals surface area contributed by atoms with E-state index in [-0.39, 0.29) is 12.5 Å². The summed E-state index contributed by atoms with van der Waals surface area (Å²) in [5.74, 6) is -0.172. The van der Waals surface area contributed by atoms with Gasteiger partial charge in [-0.15, -0.1) is 22.7 Å². The molecule has 1 amide bonds. The summed E-state index contributed by atoms with van der Waals surface area (Å²) in [5, 5.41) is 16.8. The highest BCUT2D eigenvalue weighted by atomic mass is 79.9. The van der Waals surface area contributed by atoms with Crippen molar-refractivity contribution in [1.82, 2.24) is 5.32 Å². The Kier molecular flexibility index (Phi) is 4.21. The number of hydrogen-bond acceptors (Lipinski definition) is 4. The lowest BCUT2D eigenvalue weighted by atomic mass is 10.1. The minimum atomic E-state index is -1.03. The van der Waals surface area contributed by atoms with E-state index >= 15 is 0 Å². The van der Waals surface area contributed by atoms with Gasteiger partial charge in [0.2, 0.25) is 0 Å². The van der Waals surface area contributed by atoms with Crippen molar-refractivity contribution in [3.63, 3.8) is 0 Å². The van der Waals surface area contributed by atoms with Crippen LogP contribution in [0.5, 0.6) is 0 Å². The average molecular weight is 346 g/mol. The van der Waals surface area contributed by atoms with Crippen LogP contribution in [-0.2, 0) is 5.60 Å². The Morgan fingerprint density at radius 3 is 2.78 bits per heavy atom. The number of nitrogens with one attached hydrogen (secondary N) is 1. The van der Waals surface area contributed by atoms with Gasteiger partial charge in [-0.1, -0.05) is 6.07 Å². The van der Waals surface area contributed by atoms with Crippen LogP contribution in [-0.4, -0.2) is 17.6 Å². The molecule has 2 aromatic heterocycles. The third kappa shape index (κ3) is 3.00. The molecule has 0 aliphatic rings. The molecule has 1 unspecified atom stereocenters. The number of hydrogen-bond donors (Lipinski definition) is 2. The third-order valence-electron chi connectivity index (χ3n) is 2.47. The van der Waals surface area contributed by atoms with Gasteiger partial charge in [-0.05, 0) is 45.7 Å². The van der Waals surface area contributed by atoms with Crippen molar-refractivity contribution in [2.45, 2.75) is 12.5 Å². The number of amides is 1. The zero-order chi connectivity index (χ0) is 13.2. The van der Waals surface area contributed by atoms with Crippen molar-refractivity contribution in [3.8, 4) is 0 Å². The van der Waals surface area contributed by atoms with Gasteiger partial charge >= 0.3 is 0 Å². The maximum atomic E-state index is 11.9. The van der Waals surface area contributed by atoms with E-state index in [1.165, 1.54) is 22.7 Å². The van der Waals surface area contributed by atoms with Gasteiger partial charge in [0.25, 0.3) is 5.91 Å². The SMILES string of the molecule is CC(O)(CNC(=O)c1sccc1Br)c1cccs1. The number of carbonyl (C=O) groups excluding carboxylic acids is 1. The van der Waals surface area contributed by atoms with Crippen LogP contribution in [0.25, 0.3) is 0 Å². The topological polar surface area (TPSA) is 49.3 Å². The first-order chi connectivity index (χ1) is 8.50. The minimum Gasteiger partial charge on any atom is -0.383 e. The highest BCUT2D eigenvalue weighted by molar-refractivity contribution is 9.10. The van der Waals surface area contributed by atoms with Gasteiger partial charge in [0.05, 0.1) is 6.54 Å². The summed E-state index contributed by atoms with van der Waals surface area (Å²) in [4.78, 5) is 13.4. The van der Waals surface area contributed by atoms with Crippen LogP contribution >= 0.6 is 38.6 Å². The maximum Gasteiger partial charge on any atom is 0.262 e. The zero-order valence-electron chi connectivity index (χ0n) is 9.64. The van der Waals surface area contributed by atoms with Gasteiger partial charge in [-0.2, -0.15) is 0 Å². The molecular weight excluding hydrogens is 334 g/mol. The number of halogens is 1. The molecule has 0 bridgehead atoms. The van der Waals surface area contributed by atoms with Gasteiger partial charge < -0.3 is 10.4 Å². The van der Waals surface area contributed by atoms with E-state index in [0.717, 1.165) is 9.35 Å². The van der Waals surface area contributed by atoms with Gasteiger partial charge in [-0.3, -0.25) is 4.79 Å². The van der Waals surface area contributed by atoms with Crippen LogP contribution < -0.4 is 5.32 Å². The Morgan fingerprint density at radius 2 is 2.22 bits per heavy atom. The van der Waals surface area contributed by atoms with Gasteiger partial charge in [0.15, 0.2) is 0 Å². The molecule has 0 aliphatic heterocycles. The molecule has 0 saturated heterocycles. The first-order valence-electron chi connectivity index (χ1n) is 5.28. The monoisotopic (exact) mass is 345 g/mol. The number of aliphatic hydroxyl groups is 1.